The van der Waals surface area contributed by atoms with Gasteiger partial charge in [-0.1, -0.05) is 6.92 Å². The maximum absolute atomic E-state index is 12.1. The lowest BCUT2D eigenvalue weighted by molar-refractivity contribution is -0.126. The Labute approximate surface area is 110 Å². The maximum Gasteiger partial charge on any atom is 0.224 e. The van der Waals surface area contributed by atoms with Gasteiger partial charge >= 0.3 is 0 Å². The third-order valence-electron chi connectivity index (χ3n) is 4.34. The van der Waals surface area contributed by atoms with Crippen molar-refractivity contribution in [1.82, 2.24) is 15.5 Å². The highest BCUT2D eigenvalue weighted by molar-refractivity contribution is 5.79. The molecule has 4 heteroatoms. The van der Waals surface area contributed by atoms with Crippen molar-refractivity contribution in [2.24, 2.45) is 17.8 Å². The van der Waals surface area contributed by atoms with Gasteiger partial charge in [-0.3, -0.25) is 4.79 Å². The molecule has 0 aromatic rings. The molecular formula is C14H27N3O. The molecule has 2 heterocycles. The molecule has 2 aliphatic heterocycles. The Bertz CT molecular complexity index is 274. The lowest BCUT2D eigenvalue weighted by Gasteiger charge is -2.30. The highest BCUT2D eigenvalue weighted by Crippen LogP contribution is 2.17. The smallest absolute Gasteiger partial charge is 0.224 e. The van der Waals surface area contributed by atoms with E-state index in [1.54, 1.807) is 0 Å². The van der Waals surface area contributed by atoms with Crippen LogP contribution < -0.4 is 10.6 Å². The van der Waals surface area contributed by atoms with E-state index in [9.17, 15) is 4.79 Å². The number of carbonyl (C=O) groups is 1. The van der Waals surface area contributed by atoms with Gasteiger partial charge in [0.1, 0.15) is 0 Å². The van der Waals surface area contributed by atoms with Crippen molar-refractivity contribution in [2.75, 3.05) is 39.8 Å². The SMILES string of the molecule is CC1CNCC(C(=O)NCC2CCN(C)CC2)C1. The van der Waals surface area contributed by atoms with Crippen molar-refractivity contribution in [3.63, 3.8) is 0 Å². The number of hydrogen-bond donors (Lipinski definition) is 2. The van der Waals surface area contributed by atoms with Crippen LogP contribution in [0.4, 0.5) is 0 Å². The number of rotatable bonds is 3. The number of nitrogens with one attached hydrogen (secondary N) is 2. The zero-order valence-electron chi connectivity index (χ0n) is 11.7. The summed E-state index contributed by atoms with van der Waals surface area (Å²) in [7, 11) is 2.17. The van der Waals surface area contributed by atoms with Crippen LogP contribution in [0, 0.1) is 17.8 Å². The minimum atomic E-state index is 0.181. The fourth-order valence-electron chi connectivity index (χ4n) is 3.01. The molecule has 0 bridgehead atoms. The van der Waals surface area contributed by atoms with Crippen LogP contribution in [0.2, 0.25) is 0 Å². The van der Waals surface area contributed by atoms with E-state index in [4.69, 9.17) is 0 Å². The summed E-state index contributed by atoms with van der Waals surface area (Å²) in [6.45, 7) is 7.33. The summed E-state index contributed by atoms with van der Waals surface area (Å²) in [6.07, 6.45) is 3.47. The second-order valence-electron chi connectivity index (χ2n) is 6.19. The van der Waals surface area contributed by atoms with Gasteiger partial charge in [0.05, 0.1) is 5.92 Å². The van der Waals surface area contributed by atoms with Crippen LogP contribution in [0.3, 0.4) is 0 Å². The van der Waals surface area contributed by atoms with Crippen molar-refractivity contribution in [3.05, 3.63) is 0 Å². The van der Waals surface area contributed by atoms with Crippen LogP contribution in [0.5, 0.6) is 0 Å². The van der Waals surface area contributed by atoms with E-state index in [1.165, 1.54) is 25.9 Å². The first-order chi connectivity index (χ1) is 8.65. The van der Waals surface area contributed by atoms with Gasteiger partial charge in [0.2, 0.25) is 5.91 Å². The van der Waals surface area contributed by atoms with Crippen molar-refractivity contribution >= 4 is 5.91 Å². The molecule has 2 unspecified atom stereocenters. The van der Waals surface area contributed by atoms with Crippen LogP contribution in [0.15, 0.2) is 0 Å². The topological polar surface area (TPSA) is 44.4 Å². The third-order valence-corrected chi connectivity index (χ3v) is 4.34. The number of hydrogen-bond acceptors (Lipinski definition) is 3. The standard InChI is InChI=1S/C14H27N3O/c1-11-7-13(10-15-8-11)14(18)16-9-12-3-5-17(2)6-4-12/h11-13,15H,3-10H2,1-2H3,(H,16,18). The number of amides is 1. The quantitative estimate of drug-likeness (QED) is 0.778. The summed E-state index contributed by atoms with van der Waals surface area (Å²) in [5, 5.41) is 6.50. The van der Waals surface area contributed by atoms with Gasteiger partial charge in [-0.2, -0.15) is 0 Å². The first kappa shape index (κ1) is 13.8. The van der Waals surface area contributed by atoms with Crippen molar-refractivity contribution in [3.8, 4) is 0 Å². The van der Waals surface area contributed by atoms with Crippen molar-refractivity contribution < 1.29 is 4.79 Å². The van der Waals surface area contributed by atoms with Gasteiger partial charge in [0, 0.05) is 13.1 Å². The first-order valence-corrected chi connectivity index (χ1v) is 7.32. The molecule has 2 atom stereocenters. The predicted molar refractivity (Wildman–Crippen MR) is 73.4 cm³/mol. The Balaban J connectivity index is 1.68. The number of carbonyl (C=O) groups excluding carboxylic acids is 1. The van der Waals surface area contributed by atoms with E-state index >= 15 is 0 Å². The monoisotopic (exact) mass is 253 g/mol. The third kappa shape index (κ3) is 3.95. The van der Waals surface area contributed by atoms with Crippen molar-refractivity contribution in [1.29, 1.82) is 0 Å². The molecular weight excluding hydrogens is 226 g/mol. The second-order valence-corrected chi connectivity index (χ2v) is 6.19. The highest BCUT2D eigenvalue weighted by Gasteiger charge is 2.25. The molecule has 104 valence electrons. The van der Waals surface area contributed by atoms with E-state index in [2.05, 4.69) is 29.5 Å². The van der Waals surface area contributed by atoms with Crippen LogP contribution >= 0.6 is 0 Å². The maximum atomic E-state index is 12.1. The van der Waals surface area contributed by atoms with E-state index in [-0.39, 0.29) is 11.8 Å². The van der Waals surface area contributed by atoms with Crippen LogP contribution in [-0.4, -0.2) is 50.6 Å². The molecule has 0 aromatic heterocycles. The summed E-state index contributed by atoms with van der Waals surface area (Å²) in [6, 6.07) is 0. The zero-order chi connectivity index (χ0) is 13.0. The van der Waals surface area contributed by atoms with Crippen LogP contribution in [-0.2, 0) is 4.79 Å². The average Bonchev–Trinajstić information content (AvgIpc) is 2.38. The Morgan fingerprint density at radius 2 is 2.06 bits per heavy atom. The normalized spacial score (nSPS) is 31.2. The molecule has 2 aliphatic rings. The molecule has 18 heavy (non-hydrogen) atoms. The van der Waals surface area contributed by atoms with Crippen molar-refractivity contribution in [2.45, 2.75) is 26.2 Å². The van der Waals surface area contributed by atoms with Gasteiger partial charge in [-0.25, -0.2) is 0 Å². The summed E-state index contributed by atoms with van der Waals surface area (Å²) >= 11 is 0. The Morgan fingerprint density at radius 1 is 1.33 bits per heavy atom. The summed E-state index contributed by atoms with van der Waals surface area (Å²) in [4.78, 5) is 14.5. The zero-order valence-corrected chi connectivity index (χ0v) is 11.7. The molecule has 2 N–H and O–H groups in total. The van der Waals surface area contributed by atoms with Gasteiger partial charge < -0.3 is 15.5 Å². The Morgan fingerprint density at radius 3 is 2.72 bits per heavy atom. The summed E-state index contributed by atoms with van der Waals surface area (Å²) in [5.74, 6) is 1.74. The van der Waals surface area contributed by atoms with Gasteiger partial charge in [-0.05, 0) is 57.8 Å². The molecule has 0 saturated carbocycles. The fraction of sp³-hybridized carbons (Fsp3) is 0.929. The van der Waals surface area contributed by atoms with Gasteiger partial charge in [0.25, 0.3) is 0 Å². The average molecular weight is 253 g/mol. The van der Waals surface area contributed by atoms with Crippen LogP contribution in [0.25, 0.3) is 0 Å². The molecule has 0 aliphatic carbocycles. The van der Waals surface area contributed by atoms with Crippen LogP contribution in [0.1, 0.15) is 26.2 Å². The lowest BCUT2D eigenvalue weighted by Crippen LogP contribution is -2.45. The number of likely N-dealkylation sites (tertiary alicyclic amines) is 1. The number of nitrogens with zero attached hydrogens (tertiary/aromatic N) is 1. The molecule has 1 amide bonds. The highest BCUT2D eigenvalue weighted by atomic mass is 16.1. The number of piperidine rings is 2. The van der Waals surface area contributed by atoms with E-state index in [0.717, 1.165) is 26.1 Å². The molecule has 2 saturated heterocycles. The molecule has 0 radical (unpaired) electrons. The largest absolute Gasteiger partial charge is 0.356 e. The second kappa shape index (κ2) is 6.53. The van der Waals surface area contributed by atoms with E-state index < -0.39 is 0 Å². The van der Waals surface area contributed by atoms with E-state index in [1.807, 2.05) is 0 Å². The molecule has 0 aromatic carbocycles. The summed E-state index contributed by atoms with van der Waals surface area (Å²) in [5.41, 5.74) is 0. The Kier molecular flexibility index (Phi) is 5.01. The molecule has 4 nitrogen and oxygen atoms in total. The predicted octanol–water partition coefficient (Wildman–Crippen LogP) is 0.690. The van der Waals surface area contributed by atoms with Gasteiger partial charge in [-0.15, -0.1) is 0 Å². The van der Waals surface area contributed by atoms with Gasteiger partial charge in [0.15, 0.2) is 0 Å². The molecule has 2 rings (SSSR count). The molecule has 2 fully saturated rings. The Hall–Kier alpha value is -0.610. The summed E-state index contributed by atoms with van der Waals surface area (Å²) < 4.78 is 0. The lowest BCUT2D eigenvalue weighted by atomic mass is 9.90. The van der Waals surface area contributed by atoms with E-state index in [0.29, 0.717) is 11.8 Å². The first-order valence-electron chi connectivity index (χ1n) is 7.32. The fourth-order valence-corrected chi connectivity index (χ4v) is 3.01. The molecule has 0 spiro atoms. The minimum Gasteiger partial charge on any atom is -0.356 e. The minimum absolute atomic E-state index is 0.181.